The molecule has 1 heterocycles. The van der Waals surface area contributed by atoms with Gasteiger partial charge in [-0.2, -0.15) is 0 Å². The van der Waals surface area contributed by atoms with E-state index in [0.29, 0.717) is 30.4 Å². The first-order valence-corrected chi connectivity index (χ1v) is 12.5. The van der Waals surface area contributed by atoms with E-state index in [4.69, 9.17) is 9.47 Å². The van der Waals surface area contributed by atoms with Crippen LogP contribution in [0.4, 0.5) is 11.5 Å². The number of anilines is 1. The van der Waals surface area contributed by atoms with E-state index in [2.05, 4.69) is 14.7 Å². The summed E-state index contributed by atoms with van der Waals surface area (Å²) >= 11 is 0. The summed E-state index contributed by atoms with van der Waals surface area (Å²) in [7, 11) is -3.74. The number of pyridine rings is 1. The van der Waals surface area contributed by atoms with Crippen molar-refractivity contribution in [2.75, 3.05) is 11.3 Å². The van der Waals surface area contributed by atoms with E-state index in [1.54, 1.807) is 36.5 Å². The second kappa shape index (κ2) is 11.3. The Morgan fingerprint density at radius 2 is 1.66 bits per heavy atom. The molecule has 35 heavy (non-hydrogen) atoms. The molecule has 0 aliphatic rings. The quantitative estimate of drug-likeness (QED) is 0.294. The first-order chi connectivity index (χ1) is 17.0. The minimum Gasteiger partial charge on any atom is -0.490 e. The van der Waals surface area contributed by atoms with Crippen LogP contribution in [-0.4, -0.2) is 26.2 Å². The van der Waals surface area contributed by atoms with Crippen molar-refractivity contribution in [2.24, 2.45) is 4.99 Å². The lowest BCUT2D eigenvalue weighted by Crippen LogP contribution is -2.13. The smallest absolute Gasteiger partial charge is 0.263 e. The van der Waals surface area contributed by atoms with Gasteiger partial charge in [-0.05, 0) is 72.6 Å². The number of aliphatic imine (C=N–C) groups is 1. The molecule has 0 aliphatic carbocycles. The predicted molar refractivity (Wildman–Crippen MR) is 137 cm³/mol. The Bertz CT molecular complexity index is 1380. The lowest BCUT2D eigenvalue weighted by molar-refractivity contribution is 0.269. The van der Waals surface area contributed by atoms with Crippen molar-refractivity contribution in [1.29, 1.82) is 0 Å². The predicted octanol–water partition coefficient (Wildman–Crippen LogP) is 5.61. The molecule has 4 aromatic rings. The fourth-order valence-corrected chi connectivity index (χ4v) is 4.22. The standard InChI is InChI=1S/C27H25N3O4S/c1-2-33-25-16-11-22(18-26(25)34-20-21-8-4-3-5-9-21)19-29-23-12-14-24(15-13-23)35(31,32)30-27-10-6-7-17-28-27/h3-19H,2,20H2,1H3,(H,28,30). The largest absolute Gasteiger partial charge is 0.490 e. The van der Waals surface area contributed by atoms with E-state index in [1.165, 1.54) is 18.3 Å². The van der Waals surface area contributed by atoms with Gasteiger partial charge in [-0.1, -0.05) is 36.4 Å². The Morgan fingerprint density at radius 1 is 0.886 bits per heavy atom. The van der Waals surface area contributed by atoms with Gasteiger partial charge < -0.3 is 9.47 Å². The molecule has 7 nitrogen and oxygen atoms in total. The van der Waals surface area contributed by atoms with Crippen LogP contribution in [0.25, 0.3) is 0 Å². The number of nitrogens with one attached hydrogen (secondary N) is 1. The molecule has 0 saturated carbocycles. The van der Waals surface area contributed by atoms with Crippen molar-refractivity contribution in [2.45, 2.75) is 18.4 Å². The number of sulfonamides is 1. The van der Waals surface area contributed by atoms with Crippen LogP contribution in [0.2, 0.25) is 0 Å². The third-order valence-corrected chi connectivity index (χ3v) is 6.29. The summed E-state index contributed by atoms with van der Waals surface area (Å²) in [5, 5.41) is 0. The van der Waals surface area contributed by atoms with Crippen LogP contribution in [0.3, 0.4) is 0 Å². The highest BCUT2D eigenvalue weighted by Gasteiger charge is 2.14. The molecule has 0 saturated heterocycles. The molecular formula is C27H25N3O4S. The molecule has 1 N–H and O–H groups in total. The van der Waals surface area contributed by atoms with Gasteiger partial charge in [-0.3, -0.25) is 9.71 Å². The molecule has 3 aromatic carbocycles. The van der Waals surface area contributed by atoms with Crippen LogP contribution in [0.15, 0.2) is 107 Å². The summed E-state index contributed by atoms with van der Waals surface area (Å²) in [4.78, 5) is 8.59. The number of hydrogen-bond acceptors (Lipinski definition) is 6. The maximum atomic E-state index is 12.6. The molecule has 0 radical (unpaired) electrons. The van der Waals surface area contributed by atoms with Crippen molar-refractivity contribution in [3.8, 4) is 11.5 Å². The third kappa shape index (κ3) is 6.68. The highest BCUT2D eigenvalue weighted by atomic mass is 32.2. The summed E-state index contributed by atoms with van der Waals surface area (Å²) in [5.74, 6) is 1.55. The fraction of sp³-hybridized carbons (Fsp3) is 0.111. The monoisotopic (exact) mass is 487 g/mol. The lowest BCUT2D eigenvalue weighted by atomic mass is 10.2. The molecule has 0 spiro atoms. The maximum Gasteiger partial charge on any atom is 0.263 e. The molecule has 4 rings (SSSR count). The maximum absolute atomic E-state index is 12.6. The van der Waals surface area contributed by atoms with E-state index in [0.717, 1.165) is 11.1 Å². The van der Waals surface area contributed by atoms with Crippen LogP contribution in [0.1, 0.15) is 18.1 Å². The summed E-state index contributed by atoms with van der Waals surface area (Å²) in [6, 6.07) is 26.8. The summed E-state index contributed by atoms with van der Waals surface area (Å²) in [6.45, 7) is 2.87. The van der Waals surface area contributed by atoms with Crippen LogP contribution < -0.4 is 14.2 Å². The zero-order chi connectivity index (χ0) is 24.5. The molecular weight excluding hydrogens is 462 g/mol. The molecule has 0 amide bonds. The summed E-state index contributed by atoms with van der Waals surface area (Å²) in [6.07, 6.45) is 3.22. The topological polar surface area (TPSA) is 89.9 Å². The number of ether oxygens (including phenoxy) is 2. The molecule has 0 fully saturated rings. The average molecular weight is 488 g/mol. The molecule has 0 bridgehead atoms. The minimum atomic E-state index is -3.74. The number of benzene rings is 3. The highest BCUT2D eigenvalue weighted by molar-refractivity contribution is 7.92. The molecule has 0 atom stereocenters. The lowest BCUT2D eigenvalue weighted by Gasteiger charge is -2.12. The van der Waals surface area contributed by atoms with Crippen molar-refractivity contribution in [1.82, 2.24) is 4.98 Å². The van der Waals surface area contributed by atoms with Crippen molar-refractivity contribution < 1.29 is 17.9 Å². The third-order valence-electron chi connectivity index (χ3n) is 4.92. The molecule has 1 aromatic heterocycles. The van der Waals surface area contributed by atoms with Crippen molar-refractivity contribution in [3.05, 3.63) is 108 Å². The van der Waals surface area contributed by atoms with Gasteiger partial charge in [0.15, 0.2) is 11.5 Å². The first-order valence-electron chi connectivity index (χ1n) is 11.0. The SMILES string of the molecule is CCOc1ccc(C=Nc2ccc(S(=O)(=O)Nc3ccccn3)cc2)cc1OCc1ccccc1. The van der Waals surface area contributed by atoms with E-state index < -0.39 is 10.0 Å². The molecule has 8 heteroatoms. The van der Waals surface area contributed by atoms with Gasteiger partial charge in [0.25, 0.3) is 10.0 Å². The minimum absolute atomic E-state index is 0.125. The fourth-order valence-electron chi connectivity index (χ4n) is 3.21. The van der Waals surface area contributed by atoms with Gasteiger partial charge in [0, 0.05) is 12.4 Å². The van der Waals surface area contributed by atoms with Crippen LogP contribution in [-0.2, 0) is 16.6 Å². The van der Waals surface area contributed by atoms with Crippen LogP contribution >= 0.6 is 0 Å². The van der Waals surface area contributed by atoms with E-state index in [9.17, 15) is 8.42 Å². The van der Waals surface area contributed by atoms with Gasteiger partial charge in [0.1, 0.15) is 12.4 Å². The van der Waals surface area contributed by atoms with Crippen LogP contribution in [0, 0.1) is 0 Å². The number of rotatable bonds is 10. The van der Waals surface area contributed by atoms with Gasteiger partial charge >= 0.3 is 0 Å². The van der Waals surface area contributed by atoms with Gasteiger partial charge in [-0.15, -0.1) is 0 Å². The summed E-state index contributed by atoms with van der Waals surface area (Å²) < 4.78 is 39.3. The molecule has 178 valence electrons. The Labute approximate surface area is 205 Å². The van der Waals surface area contributed by atoms with Crippen molar-refractivity contribution >= 4 is 27.7 Å². The van der Waals surface area contributed by atoms with E-state index >= 15 is 0 Å². The van der Waals surface area contributed by atoms with E-state index in [1.807, 2.05) is 55.5 Å². The second-order valence-corrected chi connectivity index (χ2v) is 9.17. The Kier molecular flexibility index (Phi) is 7.74. The Balaban J connectivity index is 1.46. The number of aromatic nitrogens is 1. The molecule has 0 aliphatic heterocycles. The highest BCUT2D eigenvalue weighted by Crippen LogP contribution is 2.29. The zero-order valence-electron chi connectivity index (χ0n) is 19.2. The average Bonchev–Trinajstić information content (AvgIpc) is 2.88. The molecule has 0 unspecified atom stereocenters. The normalized spacial score (nSPS) is 11.3. The zero-order valence-corrected chi connectivity index (χ0v) is 20.0. The van der Waals surface area contributed by atoms with Crippen molar-refractivity contribution in [3.63, 3.8) is 0 Å². The number of nitrogens with zero attached hydrogens (tertiary/aromatic N) is 2. The van der Waals surface area contributed by atoms with Gasteiger partial charge in [0.05, 0.1) is 17.2 Å². The second-order valence-electron chi connectivity index (χ2n) is 7.49. The van der Waals surface area contributed by atoms with Crippen LogP contribution in [0.5, 0.6) is 11.5 Å². The Hall–Kier alpha value is -4.17. The van der Waals surface area contributed by atoms with Gasteiger partial charge in [0.2, 0.25) is 0 Å². The van der Waals surface area contributed by atoms with E-state index in [-0.39, 0.29) is 10.7 Å². The Morgan fingerprint density at radius 3 is 2.37 bits per heavy atom. The summed E-state index contributed by atoms with van der Waals surface area (Å²) in [5.41, 5.74) is 2.49. The first kappa shape index (κ1) is 24.0. The van der Waals surface area contributed by atoms with Gasteiger partial charge in [-0.25, -0.2) is 13.4 Å². The number of hydrogen-bond donors (Lipinski definition) is 1.